The van der Waals surface area contributed by atoms with Crippen LogP contribution in [0.2, 0.25) is 0 Å². The first kappa shape index (κ1) is 22.7. The highest BCUT2D eigenvalue weighted by Crippen LogP contribution is 2.29. The van der Waals surface area contributed by atoms with Gasteiger partial charge in [-0.1, -0.05) is 30.3 Å². The molecule has 0 spiro atoms. The van der Waals surface area contributed by atoms with Gasteiger partial charge in [0.15, 0.2) is 0 Å². The van der Waals surface area contributed by atoms with Crippen molar-refractivity contribution >= 4 is 6.09 Å². The van der Waals surface area contributed by atoms with Crippen LogP contribution in [0, 0.1) is 0 Å². The molecule has 2 fully saturated rings. The Labute approximate surface area is 190 Å². The quantitative estimate of drug-likeness (QED) is 0.709. The van der Waals surface area contributed by atoms with Gasteiger partial charge in [-0.2, -0.15) is 0 Å². The Bertz CT molecular complexity index is 879. The molecular formula is C24H35N5O3. The summed E-state index contributed by atoms with van der Waals surface area (Å²) in [4.78, 5) is 16.6. The molecule has 1 aromatic carbocycles. The second kappa shape index (κ2) is 10.0. The number of carbonyl (C=O) groups excluding carboxylic acids is 1. The number of hydrogen-bond donors (Lipinski definition) is 0. The molecule has 0 N–H and O–H groups in total. The average molecular weight is 442 g/mol. The molecule has 2 aliphatic rings. The lowest BCUT2D eigenvalue weighted by molar-refractivity contribution is 0.0202. The molecule has 0 bridgehead atoms. The number of carbonyl (C=O) groups is 1. The molecule has 0 atom stereocenters. The van der Waals surface area contributed by atoms with Gasteiger partial charge < -0.3 is 18.9 Å². The molecule has 2 saturated heterocycles. The minimum Gasteiger partial charge on any atom is -0.444 e. The van der Waals surface area contributed by atoms with Crippen LogP contribution < -0.4 is 0 Å². The molecule has 0 aliphatic carbocycles. The van der Waals surface area contributed by atoms with E-state index in [1.165, 1.54) is 5.56 Å². The molecule has 1 aromatic heterocycles. The van der Waals surface area contributed by atoms with Gasteiger partial charge in [0.25, 0.3) is 0 Å². The van der Waals surface area contributed by atoms with Crippen LogP contribution >= 0.6 is 0 Å². The van der Waals surface area contributed by atoms with Crippen molar-refractivity contribution in [2.75, 3.05) is 39.4 Å². The van der Waals surface area contributed by atoms with Crippen molar-refractivity contribution in [2.24, 2.45) is 0 Å². The topological polar surface area (TPSA) is 72.7 Å². The van der Waals surface area contributed by atoms with Gasteiger partial charge in [0.2, 0.25) is 0 Å². The highest BCUT2D eigenvalue weighted by atomic mass is 16.6. The third-order valence-electron chi connectivity index (χ3n) is 6.02. The second-order valence-electron chi connectivity index (χ2n) is 9.68. The SMILES string of the molecule is CC(C)(C)OC(=O)N1CCC(c2nnc(CN3CCOCC3)n2Cc2ccccc2)CC1. The number of benzene rings is 1. The van der Waals surface area contributed by atoms with Crippen LogP contribution in [0.1, 0.15) is 56.7 Å². The van der Waals surface area contributed by atoms with Gasteiger partial charge in [0.05, 0.1) is 26.3 Å². The summed E-state index contributed by atoms with van der Waals surface area (Å²) in [6.07, 6.45) is 1.50. The van der Waals surface area contributed by atoms with Crippen LogP contribution in [-0.4, -0.2) is 75.7 Å². The summed E-state index contributed by atoms with van der Waals surface area (Å²) in [6.45, 7) is 12.0. The van der Waals surface area contributed by atoms with Crippen LogP contribution in [0.4, 0.5) is 4.79 Å². The summed E-state index contributed by atoms with van der Waals surface area (Å²) < 4.78 is 13.3. The van der Waals surface area contributed by atoms with Crippen molar-refractivity contribution in [3.8, 4) is 0 Å². The van der Waals surface area contributed by atoms with E-state index in [0.29, 0.717) is 13.1 Å². The standard InChI is InChI=1S/C24H35N5O3/c1-24(2,3)32-23(30)28-11-9-20(10-12-28)22-26-25-21(18-27-13-15-31-16-14-27)29(22)17-19-7-5-4-6-8-19/h4-8,20H,9-18H2,1-3H3. The van der Waals surface area contributed by atoms with E-state index in [1.54, 1.807) is 0 Å². The maximum atomic E-state index is 12.4. The minimum absolute atomic E-state index is 0.227. The molecule has 3 heterocycles. The summed E-state index contributed by atoms with van der Waals surface area (Å²) in [7, 11) is 0. The summed E-state index contributed by atoms with van der Waals surface area (Å²) in [5.74, 6) is 2.31. The van der Waals surface area contributed by atoms with Crippen LogP contribution in [0.25, 0.3) is 0 Å². The molecule has 4 rings (SSSR count). The smallest absolute Gasteiger partial charge is 0.410 e. The Morgan fingerprint density at radius 3 is 2.38 bits per heavy atom. The van der Waals surface area contributed by atoms with Crippen molar-refractivity contribution in [3.63, 3.8) is 0 Å². The molecule has 0 radical (unpaired) electrons. The van der Waals surface area contributed by atoms with Crippen LogP contribution in [0.5, 0.6) is 0 Å². The molecular weight excluding hydrogens is 406 g/mol. The Morgan fingerprint density at radius 2 is 1.72 bits per heavy atom. The van der Waals surface area contributed by atoms with Crippen molar-refractivity contribution in [2.45, 2.75) is 58.2 Å². The van der Waals surface area contributed by atoms with E-state index in [0.717, 1.165) is 63.9 Å². The number of morpholine rings is 1. The second-order valence-corrected chi connectivity index (χ2v) is 9.68. The zero-order valence-electron chi connectivity index (χ0n) is 19.5. The Morgan fingerprint density at radius 1 is 1.03 bits per heavy atom. The first-order chi connectivity index (χ1) is 15.4. The average Bonchev–Trinajstić information content (AvgIpc) is 3.16. The Balaban J connectivity index is 1.48. The van der Waals surface area contributed by atoms with Gasteiger partial charge >= 0.3 is 6.09 Å². The molecule has 2 aliphatic heterocycles. The van der Waals surface area contributed by atoms with Gasteiger partial charge in [0.1, 0.15) is 17.2 Å². The van der Waals surface area contributed by atoms with Crippen molar-refractivity contribution in [3.05, 3.63) is 47.5 Å². The number of likely N-dealkylation sites (tertiary alicyclic amines) is 1. The third-order valence-corrected chi connectivity index (χ3v) is 6.02. The van der Waals surface area contributed by atoms with E-state index in [4.69, 9.17) is 9.47 Å². The molecule has 2 aromatic rings. The van der Waals surface area contributed by atoms with E-state index >= 15 is 0 Å². The molecule has 8 heteroatoms. The molecule has 0 unspecified atom stereocenters. The largest absolute Gasteiger partial charge is 0.444 e. The zero-order valence-corrected chi connectivity index (χ0v) is 19.5. The zero-order chi connectivity index (χ0) is 22.6. The number of ether oxygens (including phenoxy) is 2. The van der Waals surface area contributed by atoms with E-state index in [-0.39, 0.29) is 12.0 Å². The first-order valence-corrected chi connectivity index (χ1v) is 11.6. The fraction of sp³-hybridized carbons (Fsp3) is 0.625. The highest BCUT2D eigenvalue weighted by molar-refractivity contribution is 5.68. The van der Waals surface area contributed by atoms with Crippen LogP contribution in [-0.2, 0) is 22.6 Å². The van der Waals surface area contributed by atoms with Gasteiger partial charge in [0, 0.05) is 32.1 Å². The number of rotatable bonds is 5. The van der Waals surface area contributed by atoms with E-state index < -0.39 is 5.60 Å². The number of nitrogens with zero attached hydrogens (tertiary/aromatic N) is 5. The fourth-order valence-electron chi connectivity index (χ4n) is 4.31. The predicted octanol–water partition coefficient (Wildman–Crippen LogP) is 3.27. The van der Waals surface area contributed by atoms with Gasteiger partial charge in [-0.05, 0) is 39.2 Å². The molecule has 8 nitrogen and oxygen atoms in total. The summed E-state index contributed by atoms with van der Waals surface area (Å²) in [5, 5.41) is 9.26. The van der Waals surface area contributed by atoms with Crippen LogP contribution in [0.3, 0.4) is 0 Å². The van der Waals surface area contributed by atoms with Gasteiger partial charge in [-0.3, -0.25) is 4.90 Å². The number of amides is 1. The van der Waals surface area contributed by atoms with Crippen LogP contribution in [0.15, 0.2) is 30.3 Å². The van der Waals surface area contributed by atoms with Gasteiger partial charge in [-0.15, -0.1) is 10.2 Å². The normalized spacial score (nSPS) is 18.7. The number of piperidine rings is 1. The monoisotopic (exact) mass is 441 g/mol. The summed E-state index contributed by atoms with van der Waals surface area (Å²) in [5.41, 5.74) is 0.765. The lowest BCUT2D eigenvalue weighted by Crippen LogP contribution is -2.41. The first-order valence-electron chi connectivity index (χ1n) is 11.6. The lowest BCUT2D eigenvalue weighted by atomic mass is 9.96. The van der Waals surface area contributed by atoms with Crippen molar-refractivity contribution in [1.29, 1.82) is 0 Å². The molecule has 1 amide bonds. The van der Waals surface area contributed by atoms with Crippen molar-refractivity contribution in [1.82, 2.24) is 24.6 Å². The molecule has 0 saturated carbocycles. The maximum absolute atomic E-state index is 12.4. The lowest BCUT2D eigenvalue weighted by Gasteiger charge is -2.33. The highest BCUT2D eigenvalue weighted by Gasteiger charge is 2.30. The molecule has 32 heavy (non-hydrogen) atoms. The fourth-order valence-corrected chi connectivity index (χ4v) is 4.31. The van der Waals surface area contributed by atoms with E-state index in [9.17, 15) is 4.79 Å². The Hall–Kier alpha value is -2.45. The van der Waals surface area contributed by atoms with E-state index in [2.05, 4.69) is 43.9 Å². The number of hydrogen-bond acceptors (Lipinski definition) is 6. The van der Waals surface area contributed by atoms with Crippen molar-refractivity contribution < 1.29 is 14.3 Å². The summed E-state index contributed by atoms with van der Waals surface area (Å²) in [6, 6.07) is 10.5. The Kier molecular flexibility index (Phi) is 7.10. The minimum atomic E-state index is -0.474. The summed E-state index contributed by atoms with van der Waals surface area (Å²) >= 11 is 0. The molecule has 174 valence electrons. The van der Waals surface area contributed by atoms with E-state index in [1.807, 2.05) is 31.7 Å². The van der Waals surface area contributed by atoms with Gasteiger partial charge in [-0.25, -0.2) is 4.79 Å². The number of aromatic nitrogens is 3. The maximum Gasteiger partial charge on any atom is 0.410 e. The third kappa shape index (κ3) is 5.86. The predicted molar refractivity (Wildman–Crippen MR) is 121 cm³/mol.